The molecule has 2 aliphatic rings. The van der Waals surface area contributed by atoms with Gasteiger partial charge in [0.2, 0.25) is 0 Å². The molecule has 2 bridgehead atoms. The zero-order valence-electron chi connectivity index (χ0n) is 14.8. The van der Waals surface area contributed by atoms with Gasteiger partial charge >= 0.3 is 0 Å². The zero-order chi connectivity index (χ0) is 17.8. The number of methoxy groups -OCH3 is 1. The Morgan fingerprint density at radius 1 is 0.846 bits per heavy atom. The highest BCUT2D eigenvalue weighted by Gasteiger charge is 2.53. The summed E-state index contributed by atoms with van der Waals surface area (Å²) < 4.78 is 29.8. The molecule has 0 amide bonds. The molecule has 5 nitrogen and oxygen atoms in total. The van der Waals surface area contributed by atoms with Crippen molar-refractivity contribution < 1.29 is 23.7 Å². The Kier molecular flexibility index (Phi) is 5.62. The van der Waals surface area contributed by atoms with Gasteiger partial charge < -0.3 is 23.7 Å². The van der Waals surface area contributed by atoms with E-state index in [-0.39, 0.29) is 24.4 Å². The van der Waals surface area contributed by atoms with Crippen molar-refractivity contribution in [2.24, 2.45) is 0 Å². The molecule has 5 atom stereocenters. The van der Waals surface area contributed by atoms with E-state index in [4.69, 9.17) is 23.7 Å². The minimum atomic E-state index is -0.451. The number of rotatable bonds is 7. The molecule has 138 valence electrons. The summed E-state index contributed by atoms with van der Waals surface area (Å²) in [6, 6.07) is 20.2. The lowest BCUT2D eigenvalue weighted by atomic mass is 10.0. The summed E-state index contributed by atoms with van der Waals surface area (Å²) in [5.41, 5.74) is 2.23. The first-order chi connectivity index (χ1) is 12.8. The lowest BCUT2D eigenvalue weighted by Gasteiger charge is -2.39. The maximum Gasteiger partial charge on any atom is 0.186 e. The summed E-state index contributed by atoms with van der Waals surface area (Å²) in [5, 5.41) is 0. The molecule has 26 heavy (non-hydrogen) atoms. The van der Waals surface area contributed by atoms with Crippen LogP contribution in [-0.4, -0.2) is 44.4 Å². The molecular formula is C21H24O5. The normalized spacial score (nSPS) is 30.4. The van der Waals surface area contributed by atoms with E-state index >= 15 is 0 Å². The van der Waals surface area contributed by atoms with Crippen LogP contribution in [0.25, 0.3) is 0 Å². The van der Waals surface area contributed by atoms with Gasteiger partial charge in [0.25, 0.3) is 0 Å². The second-order valence-corrected chi connectivity index (χ2v) is 6.60. The van der Waals surface area contributed by atoms with E-state index in [0.29, 0.717) is 19.8 Å². The Balaban J connectivity index is 1.42. The van der Waals surface area contributed by atoms with E-state index in [0.717, 1.165) is 11.1 Å². The van der Waals surface area contributed by atoms with E-state index in [1.54, 1.807) is 7.11 Å². The minimum absolute atomic E-state index is 0.134. The summed E-state index contributed by atoms with van der Waals surface area (Å²) in [4.78, 5) is 0. The molecule has 0 aliphatic carbocycles. The molecule has 5 heteroatoms. The van der Waals surface area contributed by atoms with Gasteiger partial charge in [-0.1, -0.05) is 60.7 Å². The maximum atomic E-state index is 6.15. The summed E-state index contributed by atoms with van der Waals surface area (Å²) in [6.45, 7) is 1.49. The number of hydrogen-bond acceptors (Lipinski definition) is 5. The first kappa shape index (κ1) is 17.6. The number of benzene rings is 2. The zero-order valence-corrected chi connectivity index (χ0v) is 14.8. The number of hydrogen-bond donors (Lipinski definition) is 0. The average Bonchev–Trinajstić information content (AvgIpc) is 3.00. The van der Waals surface area contributed by atoms with Crippen LogP contribution in [-0.2, 0) is 36.9 Å². The molecule has 2 heterocycles. The van der Waals surface area contributed by atoms with Crippen molar-refractivity contribution in [1.29, 1.82) is 0 Å². The fourth-order valence-corrected chi connectivity index (χ4v) is 3.51. The highest BCUT2D eigenvalue weighted by Crippen LogP contribution is 2.34. The van der Waals surface area contributed by atoms with Gasteiger partial charge in [-0.15, -0.1) is 0 Å². The second-order valence-electron chi connectivity index (χ2n) is 6.60. The first-order valence-corrected chi connectivity index (χ1v) is 8.96. The average molecular weight is 356 g/mol. The fourth-order valence-electron chi connectivity index (χ4n) is 3.51. The third-order valence-electron chi connectivity index (χ3n) is 4.85. The molecule has 0 unspecified atom stereocenters. The van der Waals surface area contributed by atoms with E-state index in [2.05, 4.69) is 0 Å². The quantitative estimate of drug-likeness (QED) is 0.763. The summed E-state index contributed by atoms with van der Waals surface area (Å²) >= 11 is 0. The van der Waals surface area contributed by atoms with Gasteiger partial charge in [0.05, 0.1) is 19.8 Å². The van der Waals surface area contributed by atoms with Crippen molar-refractivity contribution in [2.45, 2.75) is 43.9 Å². The molecule has 2 aliphatic heterocycles. The van der Waals surface area contributed by atoms with Crippen LogP contribution in [0.5, 0.6) is 0 Å². The van der Waals surface area contributed by atoms with Crippen molar-refractivity contribution in [1.82, 2.24) is 0 Å². The third kappa shape index (κ3) is 3.82. The standard InChI is InChI=1S/C21H24O5/c1-22-21-20(24-13-16-10-6-3-7-11-16)19-18(17(26-21)14-25-19)23-12-15-8-4-2-5-9-15/h2-11,17-21H,12-14H2,1H3/t17-,18+,19+,20-,21+/m1/s1. The summed E-state index contributed by atoms with van der Waals surface area (Å²) in [5.74, 6) is 0. The fraction of sp³-hybridized carbons (Fsp3) is 0.429. The van der Waals surface area contributed by atoms with Crippen molar-refractivity contribution in [3.05, 3.63) is 71.8 Å². The Morgan fingerprint density at radius 2 is 1.42 bits per heavy atom. The summed E-state index contributed by atoms with van der Waals surface area (Å²) in [6.07, 6.45) is -1.29. The van der Waals surface area contributed by atoms with E-state index < -0.39 is 6.29 Å². The van der Waals surface area contributed by atoms with Gasteiger partial charge in [0.1, 0.15) is 24.4 Å². The summed E-state index contributed by atoms with van der Waals surface area (Å²) in [7, 11) is 1.63. The van der Waals surface area contributed by atoms with Crippen LogP contribution in [0.3, 0.4) is 0 Å². The van der Waals surface area contributed by atoms with Crippen molar-refractivity contribution in [2.75, 3.05) is 13.7 Å². The monoisotopic (exact) mass is 356 g/mol. The van der Waals surface area contributed by atoms with Crippen LogP contribution in [0.1, 0.15) is 11.1 Å². The van der Waals surface area contributed by atoms with Gasteiger partial charge in [-0.05, 0) is 11.1 Å². The Morgan fingerprint density at radius 3 is 2.00 bits per heavy atom. The van der Waals surface area contributed by atoms with Crippen molar-refractivity contribution in [3.8, 4) is 0 Å². The molecule has 0 aromatic heterocycles. The smallest absolute Gasteiger partial charge is 0.186 e. The molecule has 0 N–H and O–H groups in total. The van der Waals surface area contributed by atoms with Crippen LogP contribution in [0, 0.1) is 0 Å². The van der Waals surface area contributed by atoms with E-state index in [1.165, 1.54) is 0 Å². The van der Waals surface area contributed by atoms with Gasteiger partial charge in [-0.2, -0.15) is 0 Å². The largest absolute Gasteiger partial charge is 0.370 e. The lowest BCUT2D eigenvalue weighted by molar-refractivity contribution is -0.274. The molecule has 2 aromatic carbocycles. The van der Waals surface area contributed by atoms with Crippen LogP contribution in [0.2, 0.25) is 0 Å². The molecule has 0 radical (unpaired) electrons. The molecular weight excluding hydrogens is 332 g/mol. The predicted molar refractivity (Wildman–Crippen MR) is 95.4 cm³/mol. The van der Waals surface area contributed by atoms with E-state index in [1.807, 2.05) is 60.7 Å². The van der Waals surface area contributed by atoms with Gasteiger partial charge in [0.15, 0.2) is 6.29 Å². The molecule has 2 aromatic rings. The third-order valence-corrected chi connectivity index (χ3v) is 4.85. The Labute approximate surface area is 153 Å². The number of fused-ring (bicyclic) bond motifs is 2. The Hall–Kier alpha value is -1.76. The van der Waals surface area contributed by atoms with Crippen LogP contribution >= 0.6 is 0 Å². The van der Waals surface area contributed by atoms with Crippen LogP contribution in [0.4, 0.5) is 0 Å². The predicted octanol–water partition coefficient (Wildman–Crippen LogP) is 2.93. The maximum absolute atomic E-state index is 6.15. The minimum Gasteiger partial charge on any atom is -0.370 e. The molecule has 2 fully saturated rings. The molecule has 2 saturated heterocycles. The van der Waals surface area contributed by atoms with Crippen molar-refractivity contribution >= 4 is 0 Å². The second kappa shape index (κ2) is 8.29. The number of ether oxygens (including phenoxy) is 5. The SMILES string of the molecule is CO[C@H]1O[C@@H]2CO[C@@H]([C@H]2OCc2ccccc2)[C@H]1OCc1ccccc1. The Bertz CT molecular complexity index is 677. The molecule has 0 saturated carbocycles. The highest BCUT2D eigenvalue weighted by atomic mass is 16.7. The van der Waals surface area contributed by atoms with Gasteiger partial charge in [-0.25, -0.2) is 0 Å². The first-order valence-electron chi connectivity index (χ1n) is 8.96. The van der Waals surface area contributed by atoms with Crippen molar-refractivity contribution in [3.63, 3.8) is 0 Å². The van der Waals surface area contributed by atoms with Gasteiger partial charge in [-0.3, -0.25) is 0 Å². The topological polar surface area (TPSA) is 46.2 Å². The molecule has 4 rings (SSSR count). The van der Waals surface area contributed by atoms with Crippen LogP contribution < -0.4 is 0 Å². The van der Waals surface area contributed by atoms with Crippen LogP contribution in [0.15, 0.2) is 60.7 Å². The lowest BCUT2D eigenvalue weighted by Crippen LogP contribution is -2.55. The highest BCUT2D eigenvalue weighted by molar-refractivity contribution is 5.14. The van der Waals surface area contributed by atoms with E-state index in [9.17, 15) is 0 Å². The molecule has 0 spiro atoms. The van der Waals surface area contributed by atoms with Gasteiger partial charge in [0, 0.05) is 7.11 Å².